The summed E-state index contributed by atoms with van der Waals surface area (Å²) in [7, 11) is 1.53. The summed E-state index contributed by atoms with van der Waals surface area (Å²) < 4.78 is 23.7. The summed E-state index contributed by atoms with van der Waals surface area (Å²) in [6.45, 7) is 4.66. The number of phosphoric acid groups is 1. The first-order valence-corrected chi connectivity index (χ1v) is 33.4. The number of rotatable bonds is 56. The lowest BCUT2D eigenvalue weighted by Gasteiger charge is -2.25. The first-order chi connectivity index (χ1) is 39.0. The molecule has 0 aromatic rings. The SMILES string of the molecule is CC/C=C\C/C=C\C/C=C\C/C=C\C/C=C\C/C=C\C/C=C\C/C=C\C/C=C\C/C=C\C/C=C\CCCCCCCCCC(=O)NC(COP(=O)(O)OCC[N+](C)(C)C)C(O)/C=C/CC/C=C/CCCCCCCCCCCCC. The molecule has 0 aromatic heterocycles. The number of carbonyl (C=O) groups excluding carboxylic acids is 1. The number of likely N-dealkylation sites (N-methyl/N-ethyl adjacent to an activating group) is 1. The van der Waals surface area contributed by atoms with Crippen LogP contribution in [0.2, 0.25) is 0 Å². The first-order valence-electron chi connectivity index (χ1n) is 31.9. The van der Waals surface area contributed by atoms with Crippen LogP contribution in [0, 0.1) is 0 Å². The largest absolute Gasteiger partial charge is 0.472 e. The highest BCUT2D eigenvalue weighted by Crippen LogP contribution is 2.43. The third-order valence-electron chi connectivity index (χ3n) is 13.2. The Morgan fingerprint density at radius 2 is 0.762 bits per heavy atom. The zero-order chi connectivity index (χ0) is 58.4. The van der Waals surface area contributed by atoms with E-state index in [1.165, 1.54) is 89.9 Å². The molecule has 8 nitrogen and oxygen atoms in total. The second kappa shape index (κ2) is 59.7. The highest BCUT2D eigenvalue weighted by molar-refractivity contribution is 7.47. The molecule has 0 aliphatic heterocycles. The quantitative estimate of drug-likeness (QED) is 0.0243. The molecule has 0 bridgehead atoms. The maximum absolute atomic E-state index is 13.0. The van der Waals surface area contributed by atoms with Crippen LogP contribution in [0.3, 0.4) is 0 Å². The van der Waals surface area contributed by atoms with E-state index in [4.69, 9.17) is 9.05 Å². The molecule has 0 aliphatic rings. The Morgan fingerprint density at radius 1 is 0.438 bits per heavy atom. The van der Waals surface area contributed by atoms with Crippen molar-refractivity contribution in [3.8, 4) is 0 Å². The lowest BCUT2D eigenvalue weighted by atomic mass is 10.1. The third-order valence-corrected chi connectivity index (χ3v) is 14.2. The summed E-state index contributed by atoms with van der Waals surface area (Å²) in [5.74, 6) is -0.204. The van der Waals surface area contributed by atoms with Crippen molar-refractivity contribution in [3.05, 3.63) is 158 Å². The molecule has 0 saturated carbocycles. The maximum Gasteiger partial charge on any atom is 0.472 e. The van der Waals surface area contributed by atoms with Gasteiger partial charge < -0.3 is 19.8 Å². The van der Waals surface area contributed by atoms with Gasteiger partial charge in [0.05, 0.1) is 39.9 Å². The van der Waals surface area contributed by atoms with E-state index < -0.39 is 20.0 Å². The smallest absolute Gasteiger partial charge is 0.387 e. The highest BCUT2D eigenvalue weighted by Gasteiger charge is 2.27. The summed E-state index contributed by atoms with van der Waals surface area (Å²) in [5, 5.41) is 13.9. The van der Waals surface area contributed by atoms with Crippen molar-refractivity contribution in [1.29, 1.82) is 0 Å². The van der Waals surface area contributed by atoms with Crippen molar-refractivity contribution in [1.82, 2.24) is 5.32 Å². The summed E-state index contributed by atoms with van der Waals surface area (Å²) in [6, 6.07) is -0.881. The van der Waals surface area contributed by atoms with Gasteiger partial charge in [0.15, 0.2) is 0 Å². The van der Waals surface area contributed by atoms with Gasteiger partial charge in [-0.25, -0.2) is 4.57 Å². The molecule has 454 valence electrons. The van der Waals surface area contributed by atoms with E-state index in [1.807, 2.05) is 27.2 Å². The van der Waals surface area contributed by atoms with Crippen LogP contribution in [0.4, 0.5) is 0 Å². The molecule has 3 atom stereocenters. The fourth-order valence-electron chi connectivity index (χ4n) is 8.30. The van der Waals surface area contributed by atoms with Crippen molar-refractivity contribution in [2.45, 2.75) is 244 Å². The van der Waals surface area contributed by atoms with Gasteiger partial charge in [0.1, 0.15) is 13.2 Å². The van der Waals surface area contributed by atoms with Crippen molar-refractivity contribution >= 4 is 13.7 Å². The number of hydrogen-bond acceptors (Lipinski definition) is 5. The monoisotopic (exact) mass is 1130 g/mol. The van der Waals surface area contributed by atoms with E-state index in [9.17, 15) is 19.4 Å². The lowest BCUT2D eigenvalue weighted by Crippen LogP contribution is -2.45. The third kappa shape index (κ3) is 61.7. The van der Waals surface area contributed by atoms with E-state index in [0.29, 0.717) is 17.4 Å². The van der Waals surface area contributed by atoms with Crippen LogP contribution >= 0.6 is 7.82 Å². The van der Waals surface area contributed by atoms with Crippen molar-refractivity contribution < 1.29 is 32.9 Å². The molecule has 0 fully saturated rings. The van der Waals surface area contributed by atoms with E-state index in [-0.39, 0.29) is 19.1 Å². The van der Waals surface area contributed by atoms with Crippen LogP contribution in [-0.2, 0) is 18.4 Å². The van der Waals surface area contributed by atoms with Crippen LogP contribution in [0.25, 0.3) is 0 Å². The van der Waals surface area contributed by atoms with Crippen molar-refractivity contribution in [2.75, 3.05) is 40.9 Å². The zero-order valence-electron chi connectivity index (χ0n) is 51.8. The molecule has 0 aliphatic carbocycles. The summed E-state index contributed by atoms with van der Waals surface area (Å²) in [6.07, 6.45) is 93.6. The molecule has 0 rings (SSSR count). The van der Waals surface area contributed by atoms with Gasteiger partial charge in [-0.15, -0.1) is 0 Å². The summed E-state index contributed by atoms with van der Waals surface area (Å²) in [5.41, 5.74) is 0. The standard InChI is InChI=1S/C71H119N2O6P/c1-6-8-10-12-14-16-18-20-22-24-25-26-27-28-29-30-31-32-33-34-35-36-37-38-39-40-41-42-43-44-45-46-47-49-51-53-55-57-59-61-63-65-71(75)72-69(68-79-80(76,77)78-67-66-73(3,4)5)70(74)64-62-60-58-56-54-52-50-48-23-21-19-17-15-13-11-9-7-2/h8,10,14,16,20,22,25-26,28-29,31-32,34-35,37-38,40-41,43-44,46-47,54,56,62,64,69-70,74H,6-7,9,11-13,15,17-19,21,23-24,27,30,33,36,39,42,45,48-53,55,57-61,63,65-68H2,1-5H3,(H-,72,75,76,77)/p+1/b10-8-,16-14-,22-20-,26-25-,29-28-,32-31-,35-34-,38-37-,41-40-,44-43-,47-46-,56-54+,64-62+. The second-order valence-corrected chi connectivity index (χ2v) is 23.5. The van der Waals surface area contributed by atoms with E-state index in [0.717, 1.165) is 122 Å². The van der Waals surface area contributed by atoms with Gasteiger partial charge in [0, 0.05) is 6.42 Å². The van der Waals surface area contributed by atoms with Crippen molar-refractivity contribution in [2.24, 2.45) is 0 Å². The van der Waals surface area contributed by atoms with E-state index >= 15 is 0 Å². The molecule has 3 N–H and O–H groups in total. The molecular formula is C71H120N2O6P+. The summed E-state index contributed by atoms with van der Waals surface area (Å²) in [4.78, 5) is 23.3. The Morgan fingerprint density at radius 3 is 1.15 bits per heavy atom. The molecule has 0 spiro atoms. The predicted octanol–water partition coefficient (Wildman–Crippen LogP) is 20.2. The van der Waals surface area contributed by atoms with Crippen LogP contribution in [-0.4, -0.2) is 73.4 Å². The van der Waals surface area contributed by atoms with Crippen LogP contribution in [0.15, 0.2) is 158 Å². The summed E-state index contributed by atoms with van der Waals surface area (Å²) >= 11 is 0. The van der Waals surface area contributed by atoms with Crippen LogP contribution in [0.1, 0.15) is 232 Å². The number of phosphoric ester groups is 1. The minimum atomic E-state index is -4.37. The number of aliphatic hydroxyl groups excluding tert-OH is 1. The molecule has 0 radical (unpaired) electrons. The highest BCUT2D eigenvalue weighted by atomic mass is 31.2. The lowest BCUT2D eigenvalue weighted by molar-refractivity contribution is -0.870. The molecule has 1 amide bonds. The average molecular weight is 1130 g/mol. The number of allylic oxidation sites excluding steroid dienone is 25. The van der Waals surface area contributed by atoms with Crippen molar-refractivity contribution in [3.63, 3.8) is 0 Å². The normalized spacial score (nSPS) is 14.8. The Balaban J connectivity index is 4.19. The minimum Gasteiger partial charge on any atom is -0.387 e. The van der Waals surface area contributed by atoms with Gasteiger partial charge in [0.25, 0.3) is 0 Å². The molecule has 0 aromatic carbocycles. The topological polar surface area (TPSA) is 105 Å². The molecule has 0 heterocycles. The number of carbonyl (C=O) groups is 1. The molecule has 0 saturated heterocycles. The Hall–Kier alpha value is -3.88. The Labute approximate surface area is 492 Å². The fraction of sp³-hybridized carbons (Fsp3) is 0.620. The predicted molar refractivity (Wildman–Crippen MR) is 350 cm³/mol. The number of amides is 1. The molecule has 80 heavy (non-hydrogen) atoms. The average Bonchev–Trinajstić information content (AvgIpc) is 3.42. The van der Waals surface area contributed by atoms with Gasteiger partial charge >= 0.3 is 7.82 Å². The molecule has 9 heteroatoms. The van der Waals surface area contributed by atoms with Crippen LogP contribution in [0.5, 0.6) is 0 Å². The number of nitrogens with one attached hydrogen (secondary N) is 1. The Bertz CT molecular complexity index is 1860. The zero-order valence-corrected chi connectivity index (χ0v) is 52.6. The second-order valence-electron chi connectivity index (χ2n) is 22.0. The fourth-order valence-corrected chi connectivity index (χ4v) is 9.03. The Kier molecular flexibility index (Phi) is 56.8. The maximum atomic E-state index is 13.0. The van der Waals surface area contributed by atoms with Crippen LogP contribution < -0.4 is 5.32 Å². The van der Waals surface area contributed by atoms with Gasteiger partial charge in [-0.3, -0.25) is 13.8 Å². The van der Waals surface area contributed by atoms with Gasteiger partial charge in [0.2, 0.25) is 5.91 Å². The van der Waals surface area contributed by atoms with E-state index in [1.54, 1.807) is 6.08 Å². The number of hydrogen-bond donors (Lipinski definition) is 3. The number of unbranched alkanes of at least 4 members (excludes halogenated alkanes) is 19. The van der Waals surface area contributed by atoms with Gasteiger partial charge in [-0.05, 0) is 116 Å². The van der Waals surface area contributed by atoms with Gasteiger partial charge in [-0.1, -0.05) is 268 Å². The minimum absolute atomic E-state index is 0.0460. The number of nitrogens with zero attached hydrogens (tertiary/aromatic N) is 1. The molecular weight excluding hydrogens is 1010 g/mol. The van der Waals surface area contributed by atoms with Gasteiger partial charge in [-0.2, -0.15) is 0 Å². The first kappa shape index (κ1) is 76.1. The van der Waals surface area contributed by atoms with E-state index in [2.05, 4.69) is 165 Å². The number of aliphatic hydroxyl groups is 1. The molecule has 3 unspecified atom stereocenters. The number of quaternary nitrogens is 1.